The van der Waals surface area contributed by atoms with Crippen molar-refractivity contribution in [3.8, 4) is 5.82 Å². The van der Waals surface area contributed by atoms with E-state index in [0.29, 0.717) is 65.5 Å². The Hall–Kier alpha value is -6.39. The normalized spacial score (nSPS) is 20.2. The molecule has 0 unspecified atom stereocenters. The van der Waals surface area contributed by atoms with E-state index >= 15 is 0 Å². The number of aromatic nitrogens is 7. The van der Waals surface area contributed by atoms with E-state index in [2.05, 4.69) is 79.6 Å². The highest BCUT2D eigenvalue weighted by atomic mass is 16.3. The van der Waals surface area contributed by atoms with Gasteiger partial charge in [0.05, 0.1) is 17.8 Å². The zero-order valence-electron chi connectivity index (χ0n) is 36.0. The number of allylic oxidation sites excluding steroid dienone is 1. The molecule has 3 amide bonds. The molecule has 2 aromatic carbocycles. The van der Waals surface area contributed by atoms with E-state index in [1.54, 1.807) is 26.5 Å². The first kappa shape index (κ1) is 40.7. The zero-order valence-corrected chi connectivity index (χ0v) is 36.0. The molecular weight excluding hydrogens is 797 g/mol. The van der Waals surface area contributed by atoms with Crippen molar-refractivity contribution in [2.75, 3.05) is 54.4 Å². The van der Waals surface area contributed by atoms with Crippen molar-refractivity contribution >= 4 is 57.0 Å². The van der Waals surface area contributed by atoms with Crippen LogP contribution in [0.4, 0.5) is 27.9 Å². The van der Waals surface area contributed by atoms with Crippen molar-refractivity contribution in [1.82, 2.24) is 44.3 Å². The van der Waals surface area contributed by atoms with E-state index in [1.807, 2.05) is 30.8 Å². The minimum Gasteiger partial charge on any atom is -0.384 e. The Bertz CT molecular complexity index is 2790. The molecule has 0 spiro atoms. The molecule has 16 heteroatoms. The van der Waals surface area contributed by atoms with Crippen LogP contribution in [0.5, 0.6) is 0 Å². The molecule has 1 atom stereocenters. The number of carbonyl (C=O) groups is 2. The number of rotatable bonds is 11. The summed E-state index contributed by atoms with van der Waals surface area (Å²) in [6.07, 6.45) is 10.00. The first-order chi connectivity index (χ1) is 30.6. The predicted molar refractivity (Wildman–Crippen MR) is 243 cm³/mol. The summed E-state index contributed by atoms with van der Waals surface area (Å²) in [7, 11) is 1.90. The Balaban J connectivity index is 0.744. The Morgan fingerprint density at radius 2 is 1.73 bits per heavy atom. The number of urea groups is 1. The summed E-state index contributed by atoms with van der Waals surface area (Å²) in [4.78, 5) is 58.7. The Labute approximate surface area is 365 Å². The molecule has 3 aliphatic heterocycles. The molecule has 326 valence electrons. The Morgan fingerprint density at radius 1 is 0.937 bits per heavy atom. The highest BCUT2D eigenvalue weighted by molar-refractivity contribution is 6.09. The molecule has 10 rings (SSSR count). The number of nitrogens with zero attached hydrogens (tertiary/aromatic N) is 10. The molecule has 6 aromatic rings. The summed E-state index contributed by atoms with van der Waals surface area (Å²) in [6.45, 7) is 11.7. The molecule has 3 saturated heterocycles. The van der Waals surface area contributed by atoms with Crippen LogP contribution in [0.2, 0.25) is 0 Å². The van der Waals surface area contributed by atoms with Crippen LogP contribution in [0.1, 0.15) is 74.6 Å². The third-order valence-corrected chi connectivity index (χ3v) is 13.8. The minimum atomic E-state index is -0.989. The summed E-state index contributed by atoms with van der Waals surface area (Å²) in [6, 6.07) is 18.4. The first-order valence-corrected chi connectivity index (χ1v) is 22.3. The summed E-state index contributed by atoms with van der Waals surface area (Å²) in [5, 5.41) is 23.0. The largest absolute Gasteiger partial charge is 0.384 e. The fraction of sp³-hybridized carbons (Fsp3) is 0.426. The molecule has 3 N–H and O–H groups in total. The first-order valence-electron chi connectivity index (χ1n) is 22.3. The van der Waals surface area contributed by atoms with E-state index in [4.69, 9.17) is 9.97 Å². The number of imide groups is 1. The summed E-state index contributed by atoms with van der Waals surface area (Å²) < 4.78 is 5.10. The van der Waals surface area contributed by atoms with Crippen molar-refractivity contribution in [2.24, 2.45) is 13.0 Å². The van der Waals surface area contributed by atoms with E-state index in [-0.39, 0.29) is 24.4 Å². The van der Waals surface area contributed by atoms with Crippen molar-refractivity contribution in [3.63, 3.8) is 0 Å². The van der Waals surface area contributed by atoms with Gasteiger partial charge in [-0.05, 0) is 117 Å². The highest BCUT2D eigenvalue weighted by Crippen LogP contribution is 2.39. The maximum atomic E-state index is 13.6. The maximum Gasteiger partial charge on any atom is 0.329 e. The molecule has 0 radical (unpaired) electrons. The number of fused-ring (bicyclic) bond motifs is 3. The molecule has 0 saturated carbocycles. The molecule has 3 fully saturated rings. The zero-order chi connectivity index (χ0) is 43.4. The Morgan fingerprint density at radius 3 is 2.48 bits per heavy atom. The van der Waals surface area contributed by atoms with Crippen molar-refractivity contribution < 1.29 is 14.7 Å². The lowest BCUT2D eigenvalue weighted by molar-refractivity contribution is -0.120. The smallest absolute Gasteiger partial charge is 0.329 e. The number of likely N-dealkylation sites (tertiary alicyclic amines) is 1. The van der Waals surface area contributed by atoms with Gasteiger partial charge >= 0.3 is 6.03 Å². The van der Waals surface area contributed by atoms with E-state index in [0.717, 1.165) is 87.0 Å². The van der Waals surface area contributed by atoms with Gasteiger partial charge in [-0.25, -0.2) is 24.1 Å². The van der Waals surface area contributed by atoms with Crippen LogP contribution < -0.4 is 26.0 Å². The molecule has 63 heavy (non-hydrogen) atoms. The van der Waals surface area contributed by atoms with Crippen LogP contribution in [0.3, 0.4) is 0 Å². The standard InChI is InChI=1S/C47H54N12O4/c1-4-21-58-44(61)37-28-48-45(52-42(37)59(58)39-13-8-33-14-20-47(63,5-2)41(33)50-39)49-34-9-6-31(7-10-34)32-17-22-55(23-18-32)29-30-15-24-56(25-16-30)35-11-12-36-38(27-35)54(3)53-43(36)57-26-19-40(60)51-46(57)62/h4,6-13,27-28,30,32,63H,1,5,14-26,29H2,2-3H3,(H,48,49,52)(H,51,60,62)/t47-/m1/s1. The van der Waals surface area contributed by atoms with Crippen LogP contribution >= 0.6 is 0 Å². The van der Waals surface area contributed by atoms with Gasteiger partial charge in [0.15, 0.2) is 17.3 Å². The van der Waals surface area contributed by atoms with Crippen molar-refractivity contribution in [3.05, 3.63) is 101 Å². The molecule has 16 nitrogen and oxygen atoms in total. The summed E-state index contributed by atoms with van der Waals surface area (Å²) >= 11 is 0. The van der Waals surface area contributed by atoms with Crippen LogP contribution in [0.25, 0.3) is 27.8 Å². The van der Waals surface area contributed by atoms with Gasteiger partial charge in [-0.2, -0.15) is 10.1 Å². The number of amides is 3. The molecule has 4 aromatic heterocycles. The number of hydrogen-bond acceptors (Lipinski definition) is 11. The Kier molecular flexibility index (Phi) is 10.6. The number of anilines is 4. The number of benzene rings is 2. The van der Waals surface area contributed by atoms with Crippen molar-refractivity contribution in [2.45, 2.75) is 76.4 Å². The number of piperidine rings is 2. The lowest BCUT2D eigenvalue weighted by Gasteiger charge is -2.38. The average Bonchev–Trinajstić information content (AvgIpc) is 3.91. The quantitative estimate of drug-likeness (QED) is 0.133. The van der Waals surface area contributed by atoms with Gasteiger partial charge in [0, 0.05) is 62.6 Å². The van der Waals surface area contributed by atoms with Gasteiger partial charge in [-0.1, -0.05) is 31.2 Å². The van der Waals surface area contributed by atoms with Crippen molar-refractivity contribution in [1.29, 1.82) is 0 Å². The van der Waals surface area contributed by atoms with Crippen LogP contribution in [-0.4, -0.2) is 95.3 Å². The number of aryl methyl sites for hydroxylation is 2. The third-order valence-electron chi connectivity index (χ3n) is 13.8. The van der Waals surface area contributed by atoms with Crippen LogP contribution in [0, 0.1) is 5.92 Å². The summed E-state index contributed by atoms with van der Waals surface area (Å²) in [5.74, 6) is 2.39. The molecule has 1 aliphatic carbocycles. The fourth-order valence-electron chi connectivity index (χ4n) is 10.2. The van der Waals surface area contributed by atoms with E-state index < -0.39 is 11.6 Å². The van der Waals surface area contributed by atoms with Gasteiger partial charge in [-0.3, -0.25) is 24.5 Å². The van der Waals surface area contributed by atoms with Crippen LogP contribution in [0.15, 0.2) is 78.2 Å². The van der Waals surface area contributed by atoms with Gasteiger partial charge in [-0.15, -0.1) is 6.58 Å². The number of pyridine rings is 1. The van der Waals surface area contributed by atoms with E-state index in [9.17, 15) is 19.5 Å². The summed E-state index contributed by atoms with van der Waals surface area (Å²) in [5.41, 5.74) is 5.24. The second kappa shape index (κ2) is 16.4. The lowest BCUT2D eigenvalue weighted by Crippen LogP contribution is -2.49. The molecule has 4 aliphatic rings. The highest BCUT2D eigenvalue weighted by Gasteiger charge is 2.37. The molecule has 0 bridgehead atoms. The van der Waals surface area contributed by atoms with Crippen LogP contribution in [-0.2, 0) is 30.4 Å². The van der Waals surface area contributed by atoms with Gasteiger partial charge in [0.1, 0.15) is 11.0 Å². The van der Waals surface area contributed by atoms with E-state index in [1.165, 1.54) is 11.3 Å². The minimum absolute atomic E-state index is 0.232. The molecule has 7 heterocycles. The van der Waals surface area contributed by atoms with Gasteiger partial charge in [0.25, 0.3) is 5.56 Å². The second-order valence-corrected chi connectivity index (χ2v) is 17.6. The number of hydrogen-bond donors (Lipinski definition) is 3. The number of aliphatic hydroxyl groups is 1. The number of nitrogens with one attached hydrogen (secondary N) is 2. The third kappa shape index (κ3) is 7.54. The topological polar surface area (TPSA) is 172 Å². The fourth-order valence-corrected chi connectivity index (χ4v) is 10.2. The number of carbonyl (C=O) groups excluding carboxylic acids is 2. The average molecular weight is 851 g/mol. The van der Waals surface area contributed by atoms with Gasteiger partial charge < -0.3 is 20.2 Å². The maximum absolute atomic E-state index is 13.6. The lowest BCUT2D eigenvalue weighted by atomic mass is 9.88. The molecular formula is C47H54N12O4. The van der Waals surface area contributed by atoms with Gasteiger partial charge in [0.2, 0.25) is 11.9 Å². The SMILES string of the molecule is C=CCn1c(=O)c2cnc(Nc3ccc(C4CCN(CC5CCN(c6ccc7c(N8CCC(=O)NC8=O)nn(C)c7c6)CC5)CC4)cc3)nc2n1-c1ccc2c(n1)[C@@](O)(CC)CC2. The second-order valence-electron chi connectivity index (χ2n) is 17.6. The predicted octanol–water partition coefficient (Wildman–Crippen LogP) is 5.88. The monoisotopic (exact) mass is 850 g/mol.